The van der Waals surface area contributed by atoms with Crippen LogP contribution in [0, 0.1) is 0 Å². The van der Waals surface area contributed by atoms with Crippen molar-refractivity contribution in [3.63, 3.8) is 0 Å². The quantitative estimate of drug-likeness (QED) is 0.618. The largest absolute Gasteiger partial charge is 0.489 e. The Kier molecular flexibility index (Phi) is 3.73. The van der Waals surface area contributed by atoms with E-state index in [0.717, 1.165) is 4.88 Å². The van der Waals surface area contributed by atoms with Gasteiger partial charge in [0.15, 0.2) is 5.82 Å². The fraction of sp³-hybridized carbons (Fsp3) is 0.200. The SMILES string of the molecule is COc1c(NN)ncnc1OCc1cccs1. The normalized spacial score (nSPS) is 10.0. The summed E-state index contributed by atoms with van der Waals surface area (Å²) < 4.78 is 10.7. The van der Waals surface area contributed by atoms with Crippen LogP contribution in [0.15, 0.2) is 23.8 Å². The monoisotopic (exact) mass is 252 g/mol. The first-order chi connectivity index (χ1) is 8.35. The fourth-order valence-electron chi connectivity index (χ4n) is 1.28. The number of nitrogen functional groups attached to an aromatic ring is 1. The van der Waals surface area contributed by atoms with E-state index in [1.807, 2.05) is 17.5 Å². The molecule has 2 aromatic rings. The molecule has 0 radical (unpaired) electrons. The van der Waals surface area contributed by atoms with Crippen molar-refractivity contribution < 1.29 is 9.47 Å². The van der Waals surface area contributed by atoms with E-state index in [-0.39, 0.29) is 0 Å². The van der Waals surface area contributed by atoms with E-state index in [1.165, 1.54) is 13.4 Å². The molecule has 3 N–H and O–H groups in total. The van der Waals surface area contributed by atoms with Crippen LogP contribution < -0.4 is 20.7 Å². The lowest BCUT2D eigenvalue weighted by atomic mass is 10.5. The minimum atomic E-state index is 0.365. The lowest BCUT2D eigenvalue weighted by Crippen LogP contribution is -2.11. The van der Waals surface area contributed by atoms with Gasteiger partial charge in [0.1, 0.15) is 12.9 Å². The number of hydrazine groups is 1. The third-order valence-electron chi connectivity index (χ3n) is 2.04. The lowest BCUT2D eigenvalue weighted by molar-refractivity contribution is 0.274. The van der Waals surface area contributed by atoms with Gasteiger partial charge in [-0.15, -0.1) is 11.3 Å². The van der Waals surface area contributed by atoms with Crippen LogP contribution in [0.1, 0.15) is 4.88 Å². The molecule has 0 saturated carbocycles. The zero-order chi connectivity index (χ0) is 12.1. The Bertz CT molecular complexity index is 475. The minimum Gasteiger partial charge on any atom is -0.489 e. The fourth-order valence-corrected chi connectivity index (χ4v) is 1.90. The highest BCUT2D eigenvalue weighted by atomic mass is 32.1. The second-order valence-corrected chi connectivity index (χ2v) is 4.11. The van der Waals surface area contributed by atoms with E-state index in [4.69, 9.17) is 15.3 Å². The number of thiophene rings is 1. The zero-order valence-corrected chi connectivity index (χ0v) is 10.0. The highest BCUT2D eigenvalue weighted by Crippen LogP contribution is 2.30. The van der Waals surface area contributed by atoms with Crippen LogP contribution in [0.5, 0.6) is 11.6 Å². The molecule has 0 aliphatic carbocycles. The molecule has 90 valence electrons. The minimum absolute atomic E-state index is 0.365. The zero-order valence-electron chi connectivity index (χ0n) is 9.21. The summed E-state index contributed by atoms with van der Waals surface area (Å²) in [5.41, 5.74) is 2.43. The first kappa shape index (κ1) is 11.6. The Hall–Kier alpha value is -1.86. The van der Waals surface area contributed by atoms with Crippen LogP contribution in [-0.4, -0.2) is 17.1 Å². The second-order valence-electron chi connectivity index (χ2n) is 3.07. The van der Waals surface area contributed by atoms with Crippen molar-refractivity contribution in [3.05, 3.63) is 28.7 Å². The molecule has 6 nitrogen and oxygen atoms in total. The van der Waals surface area contributed by atoms with Crippen LogP contribution in [0.3, 0.4) is 0 Å². The van der Waals surface area contributed by atoms with Gasteiger partial charge in [-0.3, -0.25) is 0 Å². The van der Waals surface area contributed by atoms with E-state index in [1.54, 1.807) is 11.3 Å². The number of aromatic nitrogens is 2. The van der Waals surface area contributed by atoms with E-state index in [2.05, 4.69) is 15.4 Å². The average Bonchev–Trinajstić information content (AvgIpc) is 2.88. The number of nitrogens with one attached hydrogen (secondary N) is 1. The number of anilines is 1. The molecule has 0 aliphatic rings. The molecule has 2 aromatic heterocycles. The first-order valence-corrected chi connectivity index (χ1v) is 5.74. The predicted octanol–water partition coefficient (Wildman–Crippen LogP) is 1.41. The van der Waals surface area contributed by atoms with Gasteiger partial charge in [-0.25, -0.2) is 10.8 Å². The van der Waals surface area contributed by atoms with E-state index < -0.39 is 0 Å². The maximum atomic E-state index is 5.55. The van der Waals surface area contributed by atoms with Crippen LogP contribution in [0.4, 0.5) is 5.82 Å². The van der Waals surface area contributed by atoms with Gasteiger partial charge < -0.3 is 14.9 Å². The number of rotatable bonds is 5. The number of ether oxygens (including phenoxy) is 2. The van der Waals surface area contributed by atoms with Gasteiger partial charge in [0.2, 0.25) is 5.75 Å². The molecule has 0 fully saturated rings. The van der Waals surface area contributed by atoms with Gasteiger partial charge in [0.25, 0.3) is 5.88 Å². The van der Waals surface area contributed by atoms with Crippen LogP contribution in [0.2, 0.25) is 0 Å². The standard InChI is InChI=1S/C10H12N4O2S/c1-15-8-9(14-11)12-6-13-10(8)16-5-7-3-2-4-17-7/h2-4,6H,5,11H2,1H3,(H,12,13,14). The molecule has 0 bridgehead atoms. The summed E-state index contributed by atoms with van der Waals surface area (Å²) in [6.07, 6.45) is 1.36. The number of hydrogen-bond donors (Lipinski definition) is 2. The van der Waals surface area contributed by atoms with Gasteiger partial charge in [-0.1, -0.05) is 6.07 Å². The Morgan fingerprint density at radius 2 is 2.35 bits per heavy atom. The third kappa shape index (κ3) is 2.63. The van der Waals surface area contributed by atoms with E-state index in [9.17, 15) is 0 Å². The van der Waals surface area contributed by atoms with Crippen molar-refractivity contribution in [2.45, 2.75) is 6.61 Å². The highest BCUT2D eigenvalue weighted by molar-refractivity contribution is 7.09. The van der Waals surface area contributed by atoms with Crippen molar-refractivity contribution in [2.24, 2.45) is 5.84 Å². The van der Waals surface area contributed by atoms with Crippen molar-refractivity contribution in [3.8, 4) is 11.6 Å². The molecule has 2 rings (SSSR count). The summed E-state index contributed by atoms with van der Waals surface area (Å²) in [6, 6.07) is 3.95. The maximum absolute atomic E-state index is 5.55. The van der Waals surface area contributed by atoms with Gasteiger partial charge in [0, 0.05) is 4.88 Å². The van der Waals surface area contributed by atoms with Gasteiger partial charge in [-0.05, 0) is 11.4 Å². The third-order valence-corrected chi connectivity index (χ3v) is 2.89. The molecule has 0 amide bonds. The number of methoxy groups -OCH3 is 1. The summed E-state index contributed by atoms with van der Waals surface area (Å²) in [6.45, 7) is 0.440. The lowest BCUT2D eigenvalue weighted by Gasteiger charge is -2.11. The molecule has 0 unspecified atom stereocenters. The van der Waals surface area contributed by atoms with E-state index >= 15 is 0 Å². The van der Waals surface area contributed by atoms with Crippen molar-refractivity contribution in [1.29, 1.82) is 0 Å². The number of nitrogens with zero attached hydrogens (tertiary/aromatic N) is 2. The summed E-state index contributed by atoms with van der Waals surface area (Å²) in [5, 5.41) is 1.99. The molecule has 2 heterocycles. The van der Waals surface area contributed by atoms with Gasteiger partial charge in [-0.2, -0.15) is 4.98 Å². The molecule has 0 atom stereocenters. The molecule has 17 heavy (non-hydrogen) atoms. The Balaban J connectivity index is 2.14. The number of nitrogens with two attached hydrogens (primary N) is 1. The summed E-state index contributed by atoms with van der Waals surface area (Å²) in [5.74, 6) is 6.46. The summed E-state index contributed by atoms with van der Waals surface area (Å²) in [4.78, 5) is 9.04. The molecule has 7 heteroatoms. The van der Waals surface area contributed by atoms with Crippen molar-refractivity contribution in [2.75, 3.05) is 12.5 Å². The van der Waals surface area contributed by atoms with Crippen molar-refractivity contribution in [1.82, 2.24) is 9.97 Å². The molecule has 0 saturated heterocycles. The topological polar surface area (TPSA) is 82.3 Å². The Labute approximate surface area is 102 Å². The van der Waals surface area contributed by atoms with Gasteiger partial charge in [0.05, 0.1) is 7.11 Å². The highest BCUT2D eigenvalue weighted by Gasteiger charge is 2.12. The maximum Gasteiger partial charge on any atom is 0.262 e. The molecular formula is C10H12N4O2S. The van der Waals surface area contributed by atoms with Crippen LogP contribution >= 0.6 is 11.3 Å². The molecule has 0 aliphatic heterocycles. The van der Waals surface area contributed by atoms with E-state index in [0.29, 0.717) is 24.1 Å². The average molecular weight is 252 g/mol. The Morgan fingerprint density at radius 1 is 1.47 bits per heavy atom. The van der Waals surface area contributed by atoms with Crippen molar-refractivity contribution >= 4 is 17.2 Å². The smallest absolute Gasteiger partial charge is 0.262 e. The molecular weight excluding hydrogens is 240 g/mol. The molecule has 0 aromatic carbocycles. The van der Waals surface area contributed by atoms with Crippen LogP contribution in [0.25, 0.3) is 0 Å². The van der Waals surface area contributed by atoms with Crippen LogP contribution in [-0.2, 0) is 6.61 Å². The second kappa shape index (κ2) is 5.46. The summed E-state index contributed by atoms with van der Waals surface area (Å²) in [7, 11) is 1.51. The predicted molar refractivity (Wildman–Crippen MR) is 65.0 cm³/mol. The van der Waals surface area contributed by atoms with Gasteiger partial charge >= 0.3 is 0 Å². The molecule has 0 spiro atoms. The Morgan fingerprint density at radius 3 is 3.00 bits per heavy atom. The first-order valence-electron chi connectivity index (χ1n) is 4.86. The number of hydrogen-bond acceptors (Lipinski definition) is 7. The summed E-state index contributed by atoms with van der Waals surface area (Å²) >= 11 is 1.62.